The molecule has 4 nitrogen and oxygen atoms in total. The molecule has 3 aromatic rings. The number of fused-ring (bicyclic) bond motifs is 1. The van der Waals surface area contributed by atoms with Crippen LogP contribution in [0.4, 0.5) is 0 Å². The number of Topliss-reactive ketones (excluding diaryl/α,β-unsaturated/α-hetero) is 2. The topological polar surface area (TPSA) is 52.6 Å². The highest BCUT2D eigenvalue weighted by atomic mass is 16.5. The molecule has 0 N–H and O–H groups in total. The number of benzene rings is 3. The molecule has 0 radical (unpaired) electrons. The lowest BCUT2D eigenvalue weighted by atomic mass is 10.0. The fourth-order valence-electron chi connectivity index (χ4n) is 2.63. The minimum Gasteiger partial charge on any atom is -0.493 e. The zero-order valence-corrected chi connectivity index (χ0v) is 16.3. The molecule has 0 heterocycles. The Morgan fingerprint density at radius 1 is 0.667 bits per heavy atom. The first-order valence-electron chi connectivity index (χ1n) is 8.60. The second-order valence-corrected chi connectivity index (χ2v) is 6.25. The van der Waals surface area contributed by atoms with Crippen molar-refractivity contribution < 1.29 is 19.1 Å². The molecule has 140 valence electrons. The van der Waals surface area contributed by atoms with E-state index in [1.807, 2.05) is 49.4 Å². The highest BCUT2D eigenvalue weighted by molar-refractivity contribution is 6.01. The molecule has 0 aliphatic heterocycles. The van der Waals surface area contributed by atoms with Crippen molar-refractivity contribution in [3.05, 3.63) is 71.3 Å². The van der Waals surface area contributed by atoms with Crippen LogP contribution in [-0.2, 0) is 0 Å². The van der Waals surface area contributed by atoms with Crippen molar-refractivity contribution in [1.82, 2.24) is 0 Å². The van der Waals surface area contributed by atoms with E-state index in [0.717, 1.165) is 22.3 Å². The van der Waals surface area contributed by atoms with E-state index in [4.69, 9.17) is 9.47 Å². The summed E-state index contributed by atoms with van der Waals surface area (Å²) < 4.78 is 10.2. The molecule has 0 saturated carbocycles. The van der Waals surface area contributed by atoms with Crippen LogP contribution in [0.15, 0.2) is 54.6 Å². The predicted octanol–water partition coefficient (Wildman–Crippen LogP) is 5.26. The molecule has 0 aliphatic carbocycles. The molecule has 0 amide bonds. The zero-order valence-electron chi connectivity index (χ0n) is 16.3. The van der Waals surface area contributed by atoms with Crippen molar-refractivity contribution in [2.45, 2.75) is 20.8 Å². The Labute approximate surface area is 159 Å². The van der Waals surface area contributed by atoms with Crippen LogP contribution in [0.1, 0.15) is 40.1 Å². The molecule has 3 aromatic carbocycles. The van der Waals surface area contributed by atoms with Gasteiger partial charge in [-0.25, -0.2) is 0 Å². The summed E-state index contributed by atoms with van der Waals surface area (Å²) in [5, 5.41) is 1.97. The van der Waals surface area contributed by atoms with Crippen LogP contribution in [0.3, 0.4) is 0 Å². The van der Waals surface area contributed by atoms with Gasteiger partial charge in [0.2, 0.25) is 0 Å². The van der Waals surface area contributed by atoms with Crippen LogP contribution in [0.25, 0.3) is 10.8 Å². The number of ketones is 2. The maximum Gasteiger partial charge on any atom is 0.160 e. The lowest BCUT2D eigenvalue weighted by Gasteiger charge is -2.06. The zero-order chi connectivity index (χ0) is 20.0. The monoisotopic (exact) mass is 364 g/mol. The molecule has 0 atom stereocenters. The molecular weight excluding hydrogens is 340 g/mol. The standard InChI is InChI=1S/C14H12O2.C9H12O2/c1-9(15)11-3-5-14-8-12(10(2)16)4-6-13(14)7-11;1-7-4-5-8(10-2)9(6-7)11-3/h3-8H,1-2H3;4-6H,1-3H3. The Morgan fingerprint density at radius 2 is 1.15 bits per heavy atom. The maximum absolute atomic E-state index is 11.2. The summed E-state index contributed by atoms with van der Waals surface area (Å²) in [6.07, 6.45) is 0. The van der Waals surface area contributed by atoms with Crippen LogP contribution in [0.5, 0.6) is 11.5 Å². The molecular formula is C23H24O4. The van der Waals surface area contributed by atoms with E-state index in [0.29, 0.717) is 11.1 Å². The van der Waals surface area contributed by atoms with Gasteiger partial charge < -0.3 is 9.47 Å². The second-order valence-electron chi connectivity index (χ2n) is 6.25. The highest BCUT2D eigenvalue weighted by Crippen LogP contribution is 2.26. The maximum atomic E-state index is 11.2. The predicted molar refractivity (Wildman–Crippen MR) is 108 cm³/mol. The van der Waals surface area contributed by atoms with Crippen LogP contribution in [0, 0.1) is 6.92 Å². The lowest BCUT2D eigenvalue weighted by Crippen LogP contribution is -1.93. The van der Waals surface area contributed by atoms with Crippen LogP contribution in [-0.4, -0.2) is 25.8 Å². The molecule has 0 unspecified atom stereocenters. The van der Waals surface area contributed by atoms with Gasteiger partial charge in [0.1, 0.15) is 0 Å². The van der Waals surface area contributed by atoms with Gasteiger partial charge in [-0.15, -0.1) is 0 Å². The number of methoxy groups -OCH3 is 2. The molecule has 0 fully saturated rings. The van der Waals surface area contributed by atoms with Gasteiger partial charge in [0.15, 0.2) is 23.1 Å². The van der Waals surface area contributed by atoms with Crippen LogP contribution >= 0.6 is 0 Å². The molecule has 0 aliphatic rings. The van der Waals surface area contributed by atoms with Gasteiger partial charge in [0, 0.05) is 11.1 Å². The van der Waals surface area contributed by atoms with Gasteiger partial charge in [0.05, 0.1) is 14.2 Å². The summed E-state index contributed by atoms with van der Waals surface area (Å²) in [6, 6.07) is 16.8. The number of carbonyl (C=O) groups excluding carboxylic acids is 2. The van der Waals surface area contributed by atoms with Crippen LogP contribution < -0.4 is 9.47 Å². The first-order chi connectivity index (χ1) is 12.8. The average Bonchev–Trinajstić information content (AvgIpc) is 2.67. The van der Waals surface area contributed by atoms with E-state index in [1.54, 1.807) is 40.2 Å². The van der Waals surface area contributed by atoms with E-state index in [-0.39, 0.29) is 11.6 Å². The largest absolute Gasteiger partial charge is 0.493 e. The average molecular weight is 364 g/mol. The van der Waals surface area contributed by atoms with Crippen molar-refractivity contribution in [3.8, 4) is 11.5 Å². The summed E-state index contributed by atoms with van der Waals surface area (Å²) in [5.41, 5.74) is 2.56. The van der Waals surface area contributed by atoms with Crippen molar-refractivity contribution in [2.24, 2.45) is 0 Å². The Morgan fingerprint density at radius 3 is 1.56 bits per heavy atom. The Bertz CT molecular complexity index is 920. The first kappa shape index (κ1) is 20.2. The fourth-order valence-corrected chi connectivity index (χ4v) is 2.63. The summed E-state index contributed by atoms with van der Waals surface area (Å²) in [5.74, 6) is 1.67. The fraction of sp³-hybridized carbons (Fsp3) is 0.217. The van der Waals surface area contributed by atoms with E-state index in [1.165, 1.54) is 5.56 Å². The lowest BCUT2D eigenvalue weighted by molar-refractivity contribution is 0.100. The third-order valence-electron chi connectivity index (χ3n) is 4.19. The van der Waals surface area contributed by atoms with Crippen molar-refractivity contribution in [3.63, 3.8) is 0 Å². The van der Waals surface area contributed by atoms with Crippen molar-refractivity contribution >= 4 is 22.3 Å². The number of ether oxygens (including phenoxy) is 2. The first-order valence-corrected chi connectivity index (χ1v) is 8.60. The molecule has 4 heteroatoms. The van der Waals surface area contributed by atoms with E-state index >= 15 is 0 Å². The summed E-state index contributed by atoms with van der Waals surface area (Å²) >= 11 is 0. The number of hydrogen-bond donors (Lipinski definition) is 0. The van der Waals surface area contributed by atoms with Crippen LogP contribution in [0.2, 0.25) is 0 Å². The van der Waals surface area contributed by atoms with Gasteiger partial charge in [-0.05, 0) is 61.4 Å². The van der Waals surface area contributed by atoms with E-state index < -0.39 is 0 Å². The highest BCUT2D eigenvalue weighted by Gasteiger charge is 2.04. The second kappa shape index (κ2) is 8.99. The smallest absolute Gasteiger partial charge is 0.160 e. The normalized spacial score (nSPS) is 9.96. The number of rotatable bonds is 4. The molecule has 3 rings (SSSR count). The quantitative estimate of drug-likeness (QED) is 0.593. The summed E-state index contributed by atoms with van der Waals surface area (Å²) in [7, 11) is 3.27. The minimum atomic E-state index is 0.0533. The van der Waals surface area contributed by atoms with Crippen molar-refractivity contribution in [1.29, 1.82) is 0 Å². The number of hydrogen-bond acceptors (Lipinski definition) is 4. The molecule has 0 bridgehead atoms. The Hall–Kier alpha value is -3.14. The summed E-state index contributed by atoms with van der Waals surface area (Å²) in [4.78, 5) is 22.4. The molecule has 0 spiro atoms. The van der Waals surface area contributed by atoms with Gasteiger partial charge in [-0.3, -0.25) is 9.59 Å². The molecule has 0 saturated heterocycles. The van der Waals surface area contributed by atoms with Crippen molar-refractivity contribution in [2.75, 3.05) is 14.2 Å². The van der Waals surface area contributed by atoms with E-state index in [2.05, 4.69) is 0 Å². The molecule has 0 aromatic heterocycles. The summed E-state index contributed by atoms with van der Waals surface area (Å²) in [6.45, 7) is 5.11. The van der Waals surface area contributed by atoms with Gasteiger partial charge in [-0.1, -0.05) is 30.3 Å². The van der Waals surface area contributed by atoms with Gasteiger partial charge >= 0.3 is 0 Å². The molecule has 27 heavy (non-hydrogen) atoms. The SMILES string of the molecule is CC(=O)c1ccc2cc(C(C)=O)ccc2c1.COc1ccc(C)cc1OC. The van der Waals surface area contributed by atoms with Gasteiger partial charge in [0.25, 0.3) is 0 Å². The third kappa shape index (κ3) is 5.17. The Balaban J connectivity index is 0.000000208. The number of aryl methyl sites for hydroxylation is 1. The van der Waals surface area contributed by atoms with E-state index in [9.17, 15) is 9.59 Å². The minimum absolute atomic E-state index is 0.0533. The van der Waals surface area contributed by atoms with Gasteiger partial charge in [-0.2, -0.15) is 0 Å². The Kier molecular flexibility index (Phi) is 6.72. The third-order valence-corrected chi connectivity index (χ3v) is 4.19. The number of carbonyl (C=O) groups is 2.